The highest BCUT2D eigenvalue weighted by molar-refractivity contribution is 7.22. The third-order valence-corrected chi connectivity index (χ3v) is 4.35. The third-order valence-electron chi connectivity index (χ3n) is 3.40. The van der Waals surface area contributed by atoms with Crippen LogP contribution in [0.3, 0.4) is 0 Å². The van der Waals surface area contributed by atoms with Gasteiger partial charge < -0.3 is 10.1 Å². The number of nitrogens with zero attached hydrogens (tertiary/aromatic N) is 2. The molecule has 1 amide bonds. The topological polar surface area (TPSA) is 54.5 Å². The minimum Gasteiger partial charge on any atom is -0.373 e. The highest BCUT2D eigenvalue weighted by Gasteiger charge is 2.23. The fourth-order valence-electron chi connectivity index (χ4n) is 2.70. The van der Waals surface area contributed by atoms with Crippen molar-refractivity contribution in [3.05, 3.63) is 24.3 Å². The number of hydrogen-bond donors (Lipinski definition) is 1. The molecule has 1 aliphatic rings. The summed E-state index contributed by atoms with van der Waals surface area (Å²) in [7, 11) is 0. The fourth-order valence-corrected chi connectivity index (χ4v) is 3.58. The number of para-hydroxylation sites is 1. The quantitative estimate of drug-likeness (QED) is 0.946. The lowest BCUT2D eigenvalue weighted by Crippen LogP contribution is -2.48. The summed E-state index contributed by atoms with van der Waals surface area (Å²) in [6.07, 6.45) is 0.341. The molecule has 21 heavy (non-hydrogen) atoms. The molecule has 1 saturated heterocycles. The molecule has 3 rings (SSSR count). The first-order valence-electron chi connectivity index (χ1n) is 7.13. The maximum absolute atomic E-state index is 12.1. The van der Waals surface area contributed by atoms with E-state index >= 15 is 0 Å². The van der Waals surface area contributed by atoms with Crippen molar-refractivity contribution in [3.63, 3.8) is 0 Å². The lowest BCUT2D eigenvalue weighted by Gasteiger charge is -2.34. The van der Waals surface area contributed by atoms with Gasteiger partial charge in [0.2, 0.25) is 5.91 Å². The molecule has 0 unspecified atom stereocenters. The zero-order valence-electron chi connectivity index (χ0n) is 12.2. The van der Waals surface area contributed by atoms with Gasteiger partial charge in [-0.15, -0.1) is 0 Å². The number of amides is 1. The Hall–Kier alpha value is -1.50. The molecule has 0 aliphatic carbocycles. The normalized spacial score (nSPS) is 23.3. The average molecular weight is 305 g/mol. The van der Waals surface area contributed by atoms with Crippen molar-refractivity contribution in [2.24, 2.45) is 0 Å². The first-order chi connectivity index (χ1) is 10.1. The lowest BCUT2D eigenvalue weighted by atomic mass is 10.2. The predicted octanol–water partition coefficient (Wildman–Crippen LogP) is 2.34. The number of thiazole rings is 1. The van der Waals surface area contributed by atoms with Gasteiger partial charge in [0.05, 0.1) is 29.0 Å². The first kappa shape index (κ1) is 14.4. The molecule has 112 valence electrons. The van der Waals surface area contributed by atoms with E-state index in [-0.39, 0.29) is 18.1 Å². The molecule has 1 N–H and O–H groups in total. The lowest BCUT2D eigenvalue weighted by molar-refractivity contribution is -0.121. The van der Waals surface area contributed by atoms with Gasteiger partial charge in [-0.2, -0.15) is 0 Å². The molecule has 0 bridgehead atoms. The van der Waals surface area contributed by atoms with E-state index in [1.807, 2.05) is 38.1 Å². The molecule has 1 fully saturated rings. The van der Waals surface area contributed by atoms with E-state index in [1.54, 1.807) is 0 Å². The Labute approximate surface area is 127 Å². The number of anilines is 1. The second kappa shape index (κ2) is 6.09. The highest BCUT2D eigenvalue weighted by atomic mass is 32.1. The number of morpholine rings is 1. The SMILES string of the molecule is C[C@@H]1CN(CC(=O)Nc2nc3ccccc3s2)C[C@H](C)O1. The van der Waals surface area contributed by atoms with Gasteiger partial charge in [-0.25, -0.2) is 4.98 Å². The van der Waals surface area contributed by atoms with Crippen molar-refractivity contribution in [3.8, 4) is 0 Å². The minimum atomic E-state index is -0.0182. The summed E-state index contributed by atoms with van der Waals surface area (Å²) in [5.41, 5.74) is 0.923. The number of rotatable bonds is 3. The highest BCUT2D eigenvalue weighted by Crippen LogP contribution is 2.25. The summed E-state index contributed by atoms with van der Waals surface area (Å²) in [4.78, 5) is 18.7. The van der Waals surface area contributed by atoms with Crippen molar-refractivity contribution >= 4 is 32.6 Å². The Kier molecular flexibility index (Phi) is 4.19. The van der Waals surface area contributed by atoms with Crippen LogP contribution in [0.5, 0.6) is 0 Å². The molecule has 0 saturated carbocycles. The number of fused-ring (bicyclic) bond motifs is 1. The Balaban J connectivity index is 1.61. The molecule has 2 aromatic rings. The molecule has 2 heterocycles. The molecule has 1 aromatic carbocycles. The van der Waals surface area contributed by atoms with Gasteiger partial charge in [0, 0.05) is 13.1 Å². The van der Waals surface area contributed by atoms with Crippen LogP contribution < -0.4 is 5.32 Å². The summed E-state index contributed by atoms with van der Waals surface area (Å²) >= 11 is 1.50. The van der Waals surface area contributed by atoms with E-state index in [4.69, 9.17) is 4.74 Å². The van der Waals surface area contributed by atoms with Gasteiger partial charge in [0.15, 0.2) is 5.13 Å². The van der Waals surface area contributed by atoms with Crippen LogP contribution in [0.4, 0.5) is 5.13 Å². The van der Waals surface area contributed by atoms with Gasteiger partial charge in [-0.3, -0.25) is 9.69 Å². The Bertz CT molecular complexity index is 600. The Morgan fingerprint density at radius 3 is 2.81 bits per heavy atom. The van der Waals surface area contributed by atoms with Crippen molar-refractivity contribution < 1.29 is 9.53 Å². The number of carbonyl (C=O) groups is 1. The van der Waals surface area contributed by atoms with Crippen molar-refractivity contribution in [1.82, 2.24) is 9.88 Å². The minimum absolute atomic E-state index is 0.0182. The summed E-state index contributed by atoms with van der Waals surface area (Å²) in [5, 5.41) is 3.56. The van der Waals surface area contributed by atoms with Crippen LogP contribution in [0.25, 0.3) is 10.2 Å². The predicted molar refractivity (Wildman–Crippen MR) is 84.7 cm³/mol. The largest absolute Gasteiger partial charge is 0.373 e. The molecule has 6 heteroatoms. The van der Waals surface area contributed by atoms with E-state index in [9.17, 15) is 4.79 Å². The van der Waals surface area contributed by atoms with Crippen LogP contribution >= 0.6 is 11.3 Å². The van der Waals surface area contributed by atoms with Crippen LogP contribution in [0.15, 0.2) is 24.3 Å². The van der Waals surface area contributed by atoms with E-state index < -0.39 is 0 Å². The maximum atomic E-state index is 12.1. The second-order valence-corrected chi connectivity index (χ2v) is 6.52. The second-order valence-electron chi connectivity index (χ2n) is 5.49. The Morgan fingerprint density at radius 1 is 1.38 bits per heavy atom. The number of benzene rings is 1. The van der Waals surface area contributed by atoms with E-state index in [1.165, 1.54) is 11.3 Å². The zero-order chi connectivity index (χ0) is 14.8. The molecule has 5 nitrogen and oxygen atoms in total. The standard InChI is InChI=1S/C15H19N3O2S/c1-10-7-18(8-11(2)20-10)9-14(19)17-15-16-12-5-3-4-6-13(12)21-15/h3-6,10-11H,7-9H2,1-2H3,(H,16,17,19)/t10-,11+. The van der Waals surface area contributed by atoms with Gasteiger partial charge >= 0.3 is 0 Å². The number of ether oxygens (including phenoxy) is 1. The van der Waals surface area contributed by atoms with Crippen molar-refractivity contribution in [2.45, 2.75) is 26.1 Å². The molecule has 0 radical (unpaired) electrons. The maximum Gasteiger partial charge on any atom is 0.240 e. The van der Waals surface area contributed by atoms with Crippen LogP contribution in [-0.2, 0) is 9.53 Å². The smallest absolute Gasteiger partial charge is 0.240 e. The summed E-state index contributed by atoms with van der Waals surface area (Å²) in [6.45, 7) is 6.03. The molecular weight excluding hydrogens is 286 g/mol. The molecular formula is C15H19N3O2S. The number of aromatic nitrogens is 1. The first-order valence-corrected chi connectivity index (χ1v) is 7.95. The van der Waals surface area contributed by atoms with Gasteiger partial charge in [-0.05, 0) is 26.0 Å². The molecule has 0 spiro atoms. The van der Waals surface area contributed by atoms with Crippen molar-refractivity contribution in [2.75, 3.05) is 25.0 Å². The van der Waals surface area contributed by atoms with Gasteiger partial charge in [0.25, 0.3) is 0 Å². The number of carbonyl (C=O) groups excluding carboxylic acids is 1. The average Bonchev–Trinajstić information content (AvgIpc) is 2.78. The van der Waals surface area contributed by atoms with Gasteiger partial charge in [-0.1, -0.05) is 23.5 Å². The van der Waals surface area contributed by atoms with E-state index in [0.29, 0.717) is 11.7 Å². The van der Waals surface area contributed by atoms with Crippen LogP contribution in [0, 0.1) is 0 Å². The van der Waals surface area contributed by atoms with Gasteiger partial charge in [0.1, 0.15) is 0 Å². The summed E-state index contributed by atoms with van der Waals surface area (Å²) < 4.78 is 6.76. The van der Waals surface area contributed by atoms with E-state index in [0.717, 1.165) is 23.3 Å². The zero-order valence-corrected chi connectivity index (χ0v) is 13.0. The molecule has 2 atom stereocenters. The molecule has 1 aromatic heterocycles. The van der Waals surface area contributed by atoms with Crippen LogP contribution in [0.2, 0.25) is 0 Å². The fraction of sp³-hybridized carbons (Fsp3) is 0.467. The molecule has 1 aliphatic heterocycles. The monoisotopic (exact) mass is 305 g/mol. The van der Waals surface area contributed by atoms with Crippen LogP contribution in [0.1, 0.15) is 13.8 Å². The number of nitrogens with one attached hydrogen (secondary N) is 1. The van der Waals surface area contributed by atoms with Crippen LogP contribution in [-0.4, -0.2) is 47.6 Å². The third kappa shape index (κ3) is 3.58. The summed E-state index contributed by atoms with van der Waals surface area (Å²) in [6, 6.07) is 7.88. The van der Waals surface area contributed by atoms with E-state index in [2.05, 4.69) is 15.2 Å². The summed E-state index contributed by atoms with van der Waals surface area (Å²) in [5.74, 6) is -0.0182. The van der Waals surface area contributed by atoms with Crippen molar-refractivity contribution in [1.29, 1.82) is 0 Å². The Morgan fingerprint density at radius 2 is 2.10 bits per heavy atom. The number of hydrogen-bond acceptors (Lipinski definition) is 5.